The second-order valence-corrected chi connectivity index (χ2v) is 8.11. The molecule has 0 aromatic heterocycles. The summed E-state index contributed by atoms with van der Waals surface area (Å²) in [5, 5.41) is 10.8. The van der Waals surface area contributed by atoms with Gasteiger partial charge in [0, 0.05) is 11.8 Å². The van der Waals surface area contributed by atoms with Gasteiger partial charge in [-0.05, 0) is 67.8 Å². The lowest BCUT2D eigenvalue weighted by Gasteiger charge is -2.18. The van der Waals surface area contributed by atoms with Crippen LogP contribution in [-0.4, -0.2) is 6.21 Å². The number of nitrogens with one attached hydrogen (secondary N) is 1. The second kappa shape index (κ2) is 7.07. The molecule has 0 spiro atoms. The molecule has 0 unspecified atom stereocenters. The number of fused-ring (bicyclic) bond motifs is 4. The first-order valence-electron chi connectivity index (χ1n) is 10.7. The predicted molar refractivity (Wildman–Crippen MR) is 131 cm³/mol. The van der Waals surface area contributed by atoms with E-state index in [4.69, 9.17) is 5.41 Å². The molecule has 0 bridgehead atoms. The van der Waals surface area contributed by atoms with Gasteiger partial charge in [-0.3, -0.25) is 0 Å². The summed E-state index contributed by atoms with van der Waals surface area (Å²) in [6, 6.07) is 36.5. The van der Waals surface area contributed by atoms with Crippen LogP contribution in [0.3, 0.4) is 0 Å². The molecular weight excluding hydrogens is 374 g/mol. The van der Waals surface area contributed by atoms with Crippen molar-refractivity contribution < 1.29 is 0 Å². The maximum absolute atomic E-state index is 8.40. The Morgan fingerprint density at radius 2 is 1.29 bits per heavy atom. The monoisotopic (exact) mass is 395 g/mol. The van der Waals surface area contributed by atoms with E-state index >= 15 is 0 Å². The largest absolute Gasteiger partial charge is 0.308 e. The quantitative estimate of drug-likeness (QED) is 0.296. The number of hydrogen-bond donors (Lipinski definition) is 1. The lowest BCUT2D eigenvalue weighted by Crippen LogP contribution is -1.97. The van der Waals surface area contributed by atoms with E-state index in [1.54, 1.807) is 0 Å². The molecule has 0 saturated heterocycles. The number of rotatable bonds is 3. The summed E-state index contributed by atoms with van der Waals surface area (Å²) >= 11 is 0. The summed E-state index contributed by atoms with van der Waals surface area (Å²) < 4.78 is 0. The van der Waals surface area contributed by atoms with Gasteiger partial charge in [-0.1, -0.05) is 97.1 Å². The van der Waals surface area contributed by atoms with Gasteiger partial charge in [0.05, 0.1) is 0 Å². The molecule has 5 aromatic carbocycles. The molecular formula is C30H21N. The first kappa shape index (κ1) is 17.9. The maximum atomic E-state index is 8.40. The van der Waals surface area contributed by atoms with Crippen molar-refractivity contribution in [2.24, 2.45) is 0 Å². The zero-order valence-electron chi connectivity index (χ0n) is 17.1. The molecule has 0 radical (unpaired) electrons. The van der Waals surface area contributed by atoms with Crippen LogP contribution in [0.15, 0.2) is 103 Å². The number of benzene rings is 5. The van der Waals surface area contributed by atoms with Crippen molar-refractivity contribution in [3.05, 3.63) is 120 Å². The third kappa shape index (κ3) is 2.74. The number of hydrogen-bond acceptors (Lipinski definition) is 1. The van der Waals surface area contributed by atoms with Gasteiger partial charge < -0.3 is 5.41 Å². The lowest BCUT2D eigenvalue weighted by atomic mass is 9.85. The van der Waals surface area contributed by atoms with Gasteiger partial charge in [0.2, 0.25) is 0 Å². The fourth-order valence-electron chi connectivity index (χ4n) is 5.06. The third-order valence-electron chi connectivity index (χ3n) is 6.44. The molecule has 1 aliphatic rings. The molecule has 31 heavy (non-hydrogen) atoms. The minimum atomic E-state index is 0.937. The Balaban J connectivity index is 1.69. The molecule has 0 atom stereocenters. The van der Waals surface area contributed by atoms with Gasteiger partial charge in [-0.2, -0.15) is 0 Å². The zero-order chi connectivity index (χ0) is 20.8. The van der Waals surface area contributed by atoms with E-state index in [1.807, 2.05) is 6.07 Å². The molecule has 146 valence electrons. The molecule has 1 heteroatoms. The second-order valence-electron chi connectivity index (χ2n) is 8.11. The van der Waals surface area contributed by atoms with Crippen molar-refractivity contribution in [3.63, 3.8) is 0 Å². The minimum absolute atomic E-state index is 0.937. The van der Waals surface area contributed by atoms with Crippen LogP contribution in [0.2, 0.25) is 0 Å². The smallest absolute Gasteiger partial charge is 0.0263 e. The van der Waals surface area contributed by atoms with Crippen molar-refractivity contribution in [2.75, 3.05) is 0 Å². The topological polar surface area (TPSA) is 23.9 Å². The van der Waals surface area contributed by atoms with E-state index in [9.17, 15) is 0 Å². The van der Waals surface area contributed by atoms with Crippen LogP contribution in [0.5, 0.6) is 0 Å². The first-order valence-corrected chi connectivity index (χ1v) is 10.7. The summed E-state index contributed by atoms with van der Waals surface area (Å²) in [7, 11) is 0. The Hall–Kier alpha value is -3.97. The van der Waals surface area contributed by atoms with Crippen LogP contribution < -0.4 is 0 Å². The van der Waals surface area contributed by atoms with Gasteiger partial charge in [-0.25, -0.2) is 0 Å². The van der Waals surface area contributed by atoms with E-state index in [-0.39, 0.29) is 0 Å². The average molecular weight is 396 g/mol. The van der Waals surface area contributed by atoms with Gasteiger partial charge in [0.25, 0.3) is 0 Å². The maximum Gasteiger partial charge on any atom is 0.0263 e. The highest BCUT2D eigenvalue weighted by atomic mass is 14.4. The zero-order valence-corrected chi connectivity index (χ0v) is 17.1. The lowest BCUT2D eigenvalue weighted by molar-refractivity contribution is 1.26. The summed E-state index contributed by atoms with van der Waals surface area (Å²) in [6.07, 6.45) is 2.47. The van der Waals surface area contributed by atoms with Crippen molar-refractivity contribution in [2.45, 2.75) is 6.42 Å². The van der Waals surface area contributed by atoms with Crippen LogP contribution in [0.1, 0.15) is 16.7 Å². The Bertz CT molecular complexity index is 1460. The molecule has 1 N–H and O–H groups in total. The minimum Gasteiger partial charge on any atom is -0.308 e. The Morgan fingerprint density at radius 1 is 0.613 bits per heavy atom. The van der Waals surface area contributed by atoms with Crippen molar-refractivity contribution in [1.82, 2.24) is 0 Å². The average Bonchev–Trinajstić information content (AvgIpc) is 3.22. The molecule has 0 saturated carbocycles. The molecule has 5 aromatic rings. The van der Waals surface area contributed by atoms with Gasteiger partial charge >= 0.3 is 0 Å². The standard InChI is InChI=1S/C30H21N/c31-19-29-28(26-16-8-15-25-23-13-6-4-11-21(23)17-27(25)26)18-22-12-5-7-14-24(22)30(29)20-9-2-1-3-10-20/h1-16,18-19,31H,17H2. The molecule has 0 fully saturated rings. The Morgan fingerprint density at radius 3 is 2.13 bits per heavy atom. The normalized spacial score (nSPS) is 11.9. The summed E-state index contributed by atoms with van der Waals surface area (Å²) in [5.74, 6) is 0. The molecule has 1 nitrogen and oxygen atoms in total. The molecule has 6 rings (SSSR count). The molecule has 1 aliphatic carbocycles. The molecule has 0 heterocycles. The Kier molecular flexibility index (Phi) is 4.07. The van der Waals surface area contributed by atoms with Crippen molar-refractivity contribution in [1.29, 1.82) is 5.41 Å². The summed E-state index contributed by atoms with van der Waals surface area (Å²) in [6.45, 7) is 0. The van der Waals surface area contributed by atoms with E-state index < -0.39 is 0 Å². The van der Waals surface area contributed by atoms with E-state index in [0.29, 0.717) is 0 Å². The predicted octanol–water partition coefficient (Wildman–Crippen LogP) is 7.74. The third-order valence-corrected chi connectivity index (χ3v) is 6.44. The van der Waals surface area contributed by atoms with Crippen molar-refractivity contribution in [3.8, 4) is 33.4 Å². The van der Waals surface area contributed by atoms with Crippen LogP contribution >= 0.6 is 0 Å². The van der Waals surface area contributed by atoms with Crippen molar-refractivity contribution >= 4 is 17.0 Å². The van der Waals surface area contributed by atoms with Crippen LogP contribution in [0, 0.1) is 5.41 Å². The Labute approximate surface area is 182 Å². The highest BCUT2D eigenvalue weighted by Crippen LogP contribution is 2.44. The van der Waals surface area contributed by atoms with E-state index in [0.717, 1.165) is 28.7 Å². The van der Waals surface area contributed by atoms with Crippen LogP contribution in [0.25, 0.3) is 44.2 Å². The summed E-state index contributed by atoms with van der Waals surface area (Å²) in [4.78, 5) is 0. The highest BCUT2D eigenvalue weighted by Gasteiger charge is 2.23. The fraction of sp³-hybridized carbons (Fsp3) is 0.0333. The summed E-state index contributed by atoms with van der Waals surface area (Å²) in [5.41, 5.74) is 11.0. The highest BCUT2D eigenvalue weighted by molar-refractivity contribution is 6.10. The first-order chi connectivity index (χ1) is 15.3. The van der Waals surface area contributed by atoms with Gasteiger partial charge in [-0.15, -0.1) is 0 Å². The van der Waals surface area contributed by atoms with Gasteiger partial charge in [0.15, 0.2) is 0 Å². The van der Waals surface area contributed by atoms with Gasteiger partial charge in [0.1, 0.15) is 0 Å². The SMILES string of the molecule is N=Cc1c(-c2cccc3c2Cc2ccccc2-3)cc2ccccc2c1-c1ccccc1. The molecule has 0 amide bonds. The van der Waals surface area contributed by atoms with Crippen LogP contribution in [0.4, 0.5) is 0 Å². The molecule has 0 aliphatic heterocycles. The van der Waals surface area contributed by atoms with E-state index in [1.165, 1.54) is 44.8 Å². The van der Waals surface area contributed by atoms with E-state index in [2.05, 4.69) is 97.1 Å². The fourth-order valence-corrected chi connectivity index (χ4v) is 5.06. The van der Waals surface area contributed by atoms with Crippen LogP contribution in [-0.2, 0) is 6.42 Å².